The van der Waals surface area contributed by atoms with Crippen molar-refractivity contribution in [2.45, 2.75) is 26.9 Å². The van der Waals surface area contributed by atoms with Gasteiger partial charge in [0.1, 0.15) is 29.6 Å². The van der Waals surface area contributed by atoms with Gasteiger partial charge in [-0.2, -0.15) is 0 Å². The third-order valence-corrected chi connectivity index (χ3v) is 4.54. The van der Waals surface area contributed by atoms with E-state index in [-0.39, 0.29) is 12.3 Å². The van der Waals surface area contributed by atoms with Crippen LogP contribution in [-0.2, 0) is 17.8 Å². The van der Waals surface area contributed by atoms with Crippen molar-refractivity contribution in [3.63, 3.8) is 0 Å². The van der Waals surface area contributed by atoms with E-state index in [0.29, 0.717) is 29.5 Å². The second-order valence-electron chi connectivity index (χ2n) is 6.53. The average molecular weight is 396 g/mol. The summed E-state index contributed by atoms with van der Waals surface area (Å²) >= 11 is 0. The molecule has 152 valence electrons. The minimum Gasteiger partial charge on any atom is -0.497 e. The number of carbonyl (C=O) groups excluding carboxylic acids is 1. The quantitative estimate of drug-likeness (QED) is 0.618. The van der Waals surface area contributed by atoms with Crippen LogP contribution in [0.3, 0.4) is 0 Å². The highest BCUT2D eigenvalue weighted by Gasteiger charge is 2.11. The fourth-order valence-corrected chi connectivity index (χ4v) is 2.85. The van der Waals surface area contributed by atoms with E-state index in [2.05, 4.69) is 10.5 Å². The molecule has 1 amide bonds. The maximum absolute atomic E-state index is 12.4. The largest absolute Gasteiger partial charge is 0.497 e. The molecule has 0 unspecified atom stereocenters. The number of hydrogen-bond donors (Lipinski definition) is 1. The van der Waals surface area contributed by atoms with Crippen LogP contribution in [0.1, 0.15) is 22.6 Å². The highest BCUT2D eigenvalue weighted by atomic mass is 16.5. The number of hydrogen-bond acceptors (Lipinski definition) is 6. The molecule has 0 atom stereocenters. The molecule has 7 heteroatoms. The molecule has 0 saturated carbocycles. The van der Waals surface area contributed by atoms with Crippen LogP contribution in [0.5, 0.6) is 17.2 Å². The number of ether oxygens (including phenoxy) is 3. The summed E-state index contributed by atoms with van der Waals surface area (Å²) in [4.78, 5) is 12.4. The minimum atomic E-state index is -0.141. The van der Waals surface area contributed by atoms with Gasteiger partial charge in [0.2, 0.25) is 5.91 Å². The van der Waals surface area contributed by atoms with E-state index in [4.69, 9.17) is 18.7 Å². The number of aryl methyl sites for hydroxylation is 2. The van der Waals surface area contributed by atoms with Gasteiger partial charge in [0.05, 0.1) is 37.6 Å². The molecule has 7 nitrogen and oxygen atoms in total. The van der Waals surface area contributed by atoms with Crippen molar-refractivity contribution in [3.05, 3.63) is 65.0 Å². The first-order chi connectivity index (χ1) is 14.0. The molecule has 2 aromatic carbocycles. The van der Waals surface area contributed by atoms with Crippen molar-refractivity contribution >= 4 is 11.6 Å². The lowest BCUT2D eigenvalue weighted by Gasteiger charge is -2.12. The Balaban J connectivity index is 1.57. The number of nitrogens with zero attached hydrogens (tertiary/aromatic N) is 1. The van der Waals surface area contributed by atoms with E-state index in [1.165, 1.54) is 0 Å². The Morgan fingerprint density at radius 1 is 1.03 bits per heavy atom. The summed E-state index contributed by atoms with van der Waals surface area (Å²) in [6.45, 7) is 4.13. The molecule has 0 spiro atoms. The molecule has 29 heavy (non-hydrogen) atoms. The fourth-order valence-electron chi connectivity index (χ4n) is 2.85. The predicted octanol–water partition coefficient (Wildman–Crippen LogP) is 4.07. The minimum absolute atomic E-state index is 0.141. The molecule has 0 aliphatic rings. The van der Waals surface area contributed by atoms with Crippen LogP contribution in [0.2, 0.25) is 0 Å². The van der Waals surface area contributed by atoms with Crippen molar-refractivity contribution in [2.24, 2.45) is 0 Å². The number of methoxy groups -OCH3 is 2. The van der Waals surface area contributed by atoms with Gasteiger partial charge in [-0.05, 0) is 43.7 Å². The third kappa shape index (κ3) is 5.07. The van der Waals surface area contributed by atoms with Crippen molar-refractivity contribution in [3.8, 4) is 17.2 Å². The Morgan fingerprint density at radius 3 is 2.38 bits per heavy atom. The van der Waals surface area contributed by atoms with Crippen molar-refractivity contribution in [2.75, 3.05) is 19.5 Å². The fraction of sp³-hybridized carbons (Fsp3) is 0.273. The van der Waals surface area contributed by atoms with Gasteiger partial charge in [0.25, 0.3) is 0 Å². The van der Waals surface area contributed by atoms with Crippen molar-refractivity contribution < 1.29 is 23.5 Å². The van der Waals surface area contributed by atoms with Crippen molar-refractivity contribution in [1.82, 2.24) is 5.16 Å². The Bertz CT molecular complexity index is 960. The zero-order valence-corrected chi connectivity index (χ0v) is 16.9. The molecular formula is C22H24N2O5. The second kappa shape index (κ2) is 9.14. The van der Waals surface area contributed by atoms with E-state index in [0.717, 1.165) is 22.6 Å². The lowest BCUT2D eigenvalue weighted by Crippen LogP contribution is -2.15. The van der Waals surface area contributed by atoms with E-state index in [1.54, 1.807) is 32.4 Å². The van der Waals surface area contributed by atoms with E-state index in [9.17, 15) is 4.79 Å². The molecule has 0 bridgehead atoms. The molecule has 0 saturated heterocycles. The lowest BCUT2D eigenvalue weighted by atomic mass is 10.1. The topological polar surface area (TPSA) is 82.8 Å². The number of aromatic nitrogens is 1. The summed E-state index contributed by atoms with van der Waals surface area (Å²) in [7, 11) is 3.13. The van der Waals surface area contributed by atoms with Crippen LogP contribution < -0.4 is 19.5 Å². The first-order valence-electron chi connectivity index (χ1n) is 9.15. The van der Waals surface area contributed by atoms with E-state index < -0.39 is 0 Å². The maximum Gasteiger partial charge on any atom is 0.228 e. The first kappa shape index (κ1) is 20.3. The molecule has 0 aliphatic heterocycles. The van der Waals surface area contributed by atoms with Gasteiger partial charge in [-0.1, -0.05) is 17.3 Å². The third-order valence-electron chi connectivity index (χ3n) is 4.54. The van der Waals surface area contributed by atoms with Gasteiger partial charge in [0, 0.05) is 6.07 Å². The monoisotopic (exact) mass is 396 g/mol. The normalized spacial score (nSPS) is 10.5. The molecule has 0 fully saturated rings. The van der Waals surface area contributed by atoms with Crippen molar-refractivity contribution in [1.29, 1.82) is 0 Å². The summed E-state index contributed by atoms with van der Waals surface area (Å²) in [6, 6.07) is 12.7. The van der Waals surface area contributed by atoms with Crippen LogP contribution in [0.25, 0.3) is 0 Å². The van der Waals surface area contributed by atoms with E-state index in [1.807, 2.05) is 38.1 Å². The summed E-state index contributed by atoms with van der Waals surface area (Å²) in [5, 5.41) is 6.78. The van der Waals surface area contributed by atoms with Crippen LogP contribution in [0, 0.1) is 13.8 Å². The van der Waals surface area contributed by atoms with Gasteiger partial charge < -0.3 is 24.1 Å². The molecular weight excluding hydrogens is 372 g/mol. The maximum atomic E-state index is 12.4. The zero-order chi connectivity index (χ0) is 20.8. The van der Waals surface area contributed by atoms with Crippen LogP contribution >= 0.6 is 0 Å². The van der Waals surface area contributed by atoms with E-state index >= 15 is 0 Å². The number of carbonyl (C=O) groups is 1. The summed E-state index contributed by atoms with van der Waals surface area (Å²) in [5.41, 5.74) is 3.24. The molecule has 0 radical (unpaired) electrons. The van der Waals surface area contributed by atoms with Gasteiger partial charge in [-0.25, -0.2) is 0 Å². The Hall–Kier alpha value is -3.48. The van der Waals surface area contributed by atoms with Gasteiger partial charge >= 0.3 is 0 Å². The zero-order valence-electron chi connectivity index (χ0n) is 16.9. The second-order valence-corrected chi connectivity index (χ2v) is 6.53. The Labute approximate surface area is 169 Å². The molecule has 3 rings (SSSR count). The molecule has 3 aromatic rings. The molecule has 1 N–H and O–H groups in total. The Morgan fingerprint density at radius 2 is 1.76 bits per heavy atom. The molecule has 1 heterocycles. The average Bonchev–Trinajstić information content (AvgIpc) is 3.05. The van der Waals surface area contributed by atoms with Gasteiger partial charge in [-0.15, -0.1) is 0 Å². The van der Waals surface area contributed by atoms with Gasteiger partial charge in [0.15, 0.2) is 0 Å². The number of benzene rings is 2. The lowest BCUT2D eigenvalue weighted by molar-refractivity contribution is -0.115. The standard InChI is InChI=1S/C22H24N2O5/c1-14-19(15(2)29-24-14)13-28-17-7-5-16(6-8-17)11-22(25)23-20-10-9-18(26-3)12-21(20)27-4/h5-10,12H,11,13H2,1-4H3,(H,23,25). The smallest absolute Gasteiger partial charge is 0.228 e. The Kier molecular flexibility index (Phi) is 6.39. The number of amides is 1. The number of nitrogens with one attached hydrogen (secondary N) is 1. The first-order valence-corrected chi connectivity index (χ1v) is 9.15. The molecule has 1 aromatic heterocycles. The highest BCUT2D eigenvalue weighted by Crippen LogP contribution is 2.29. The number of rotatable bonds is 8. The van der Waals surface area contributed by atoms with Crippen LogP contribution in [-0.4, -0.2) is 25.3 Å². The van der Waals surface area contributed by atoms with Crippen LogP contribution in [0.4, 0.5) is 5.69 Å². The summed E-state index contributed by atoms with van der Waals surface area (Å²) in [5.74, 6) is 2.53. The predicted molar refractivity (Wildman–Crippen MR) is 109 cm³/mol. The van der Waals surface area contributed by atoms with Crippen LogP contribution in [0.15, 0.2) is 47.0 Å². The highest BCUT2D eigenvalue weighted by molar-refractivity contribution is 5.93. The summed E-state index contributed by atoms with van der Waals surface area (Å²) in [6.07, 6.45) is 0.235. The summed E-state index contributed by atoms with van der Waals surface area (Å²) < 4.78 is 21.4. The number of anilines is 1. The molecule has 0 aliphatic carbocycles. The SMILES string of the molecule is COc1ccc(NC(=O)Cc2ccc(OCc3c(C)noc3C)cc2)c(OC)c1. The van der Waals surface area contributed by atoms with Gasteiger partial charge in [-0.3, -0.25) is 4.79 Å².